The van der Waals surface area contributed by atoms with Gasteiger partial charge in [-0.05, 0) is 24.8 Å². The molecule has 1 saturated heterocycles. The third-order valence-corrected chi connectivity index (χ3v) is 6.36. The molecule has 12 heteroatoms. The summed E-state index contributed by atoms with van der Waals surface area (Å²) in [5.41, 5.74) is 5.22. The maximum atomic E-state index is 14.1. The Morgan fingerprint density at radius 1 is 1.29 bits per heavy atom. The van der Waals surface area contributed by atoms with Crippen molar-refractivity contribution >= 4 is 40.7 Å². The Labute approximate surface area is 199 Å². The van der Waals surface area contributed by atoms with Crippen LogP contribution >= 0.6 is 11.6 Å². The molecule has 178 valence electrons. The van der Waals surface area contributed by atoms with Gasteiger partial charge in [0.2, 0.25) is 24.2 Å². The normalized spacial score (nSPS) is 20.4. The van der Waals surface area contributed by atoms with Crippen LogP contribution in [0, 0.1) is 17.1 Å². The van der Waals surface area contributed by atoms with E-state index in [0.29, 0.717) is 11.2 Å². The van der Waals surface area contributed by atoms with Gasteiger partial charge in [0.15, 0.2) is 0 Å². The largest absolute Gasteiger partial charge is 0.371 e. The average Bonchev–Trinajstić information content (AvgIpc) is 3.46. The monoisotopic (exact) mass is 489 g/mol. The first-order valence-corrected chi connectivity index (χ1v) is 10.9. The Morgan fingerprint density at radius 2 is 2.06 bits per heavy atom. The average molecular weight is 490 g/mol. The number of primary amides is 1. The van der Waals surface area contributed by atoms with Crippen molar-refractivity contribution in [2.75, 3.05) is 11.9 Å². The maximum absolute atomic E-state index is 14.1. The fourth-order valence-corrected chi connectivity index (χ4v) is 4.47. The van der Waals surface area contributed by atoms with Gasteiger partial charge in [-0.25, -0.2) is 4.39 Å². The number of fused-ring (bicyclic) bond motifs is 1. The summed E-state index contributed by atoms with van der Waals surface area (Å²) in [6, 6.07) is 5.11. The van der Waals surface area contributed by atoms with Crippen LogP contribution in [0.15, 0.2) is 36.7 Å². The molecule has 2 fully saturated rings. The van der Waals surface area contributed by atoms with E-state index >= 15 is 0 Å². The molecule has 0 bridgehead atoms. The number of pyridine rings is 1. The molecule has 3 amide bonds. The van der Waals surface area contributed by atoms with Gasteiger partial charge in [0.1, 0.15) is 23.3 Å². The zero-order valence-electron chi connectivity index (χ0n) is 17.9. The minimum absolute atomic E-state index is 0.0364. The molecule has 10 nitrogen and oxygen atoms in total. The van der Waals surface area contributed by atoms with E-state index in [1.54, 1.807) is 6.07 Å². The molecule has 1 aliphatic carbocycles. The van der Waals surface area contributed by atoms with Crippen LogP contribution in [0.3, 0.4) is 0 Å². The second-order valence-corrected chi connectivity index (χ2v) is 8.70. The smallest absolute Gasteiger partial charge is 0.267 e. The van der Waals surface area contributed by atoms with Crippen molar-refractivity contribution in [2.24, 2.45) is 11.7 Å². The quantitative estimate of drug-likeness (QED) is 0.208. The predicted octanol–water partition coefficient (Wildman–Crippen LogP) is 0.575. The van der Waals surface area contributed by atoms with E-state index in [1.165, 1.54) is 35.5 Å². The standard InChI is InChI=1S/C22H22ClFN6O4/c23-14-3-1-2-11(19(14)24)8-28-22(33)17-7-12-6-16(12)30(17)18(31)9-27-15-10-29(34)5-4-13(15)20(25)21(26)32/h1-5,10,12,16-17H,6-9H2,(H5-,25,26,27,28,32,33,34)/p+1/t12-,16-,17+/m1/s1. The van der Waals surface area contributed by atoms with Crippen molar-refractivity contribution in [1.82, 2.24) is 10.2 Å². The van der Waals surface area contributed by atoms with Gasteiger partial charge in [0, 0.05) is 34.5 Å². The van der Waals surface area contributed by atoms with Crippen LogP contribution in [0.1, 0.15) is 24.0 Å². The van der Waals surface area contributed by atoms with E-state index in [9.17, 15) is 24.0 Å². The summed E-state index contributed by atoms with van der Waals surface area (Å²) >= 11 is 5.79. The Morgan fingerprint density at radius 3 is 2.79 bits per heavy atom. The number of rotatable bonds is 8. The Balaban J connectivity index is 1.42. The first-order valence-electron chi connectivity index (χ1n) is 10.6. The van der Waals surface area contributed by atoms with Gasteiger partial charge in [-0.2, -0.15) is 0 Å². The minimum atomic E-state index is -0.960. The number of carbonyl (C=O) groups excluding carboxylic acids is 3. The molecule has 3 atom stereocenters. The SMILES string of the molecule is N=C(C(N)=O)c1cc[n+](O)cc1NCC(=O)N1[C@@H]2C[C@@H]2C[C@H]1C(=O)NCc1cccc(Cl)c1F. The second kappa shape index (κ2) is 9.26. The highest BCUT2D eigenvalue weighted by Crippen LogP contribution is 2.47. The van der Waals surface area contributed by atoms with Crippen LogP contribution in [0.25, 0.3) is 0 Å². The second-order valence-electron chi connectivity index (χ2n) is 8.29. The van der Waals surface area contributed by atoms with Crippen molar-refractivity contribution in [3.05, 3.63) is 58.6 Å². The van der Waals surface area contributed by atoms with Gasteiger partial charge in [-0.3, -0.25) is 25.0 Å². The number of hydrogen-bond acceptors (Lipinski definition) is 6. The molecule has 2 aromatic rings. The van der Waals surface area contributed by atoms with Crippen molar-refractivity contribution in [1.29, 1.82) is 5.41 Å². The van der Waals surface area contributed by atoms with Crippen LogP contribution in [0.4, 0.5) is 10.1 Å². The summed E-state index contributed by atoms with van der Waals surface area (Å²) in [6.45, 7) is -0.296. The Hall–Kier alpha value is -3.73. The van der Waals surface area contributed by atoms with E-state index in [1.807, 2.05) is 0 Å². The van der Waals surface area contributed by atoms with Crippen LogP contribution in [0.2, 0.25) is 5.02 Å². The number of piperidine rings is 1. The zero-order valence-corrected chi connectivity index (χ0v) is 18.7. The summed E-state index contributed by atoms with van der Waals surface area (Å²) < 4.78 is 14.8. The van der Waals surface area contributed by atoms with Gasteiger partial charge in [-0.1, -0.05) is 23.7 Å². The molecule has 4 rings (SSSR count). The van der Waals surface area contributed by atoms with Gasteiger partial charge < -0.3 is 21.3 Å². The number of amides is 3. The van der Waals surface area contributed by atoms with E-state index in [4.69, 9.17) is 22.7 Å². The molecule has 6 N–H and O–H groups in total. The summed E-state index contributed by atoms with van der Waals surface area (Å²) in [7, 11) is 0. The molecule has 1 aromatic heterocycles. The topological polar surface area (TPSA) is 152 Å². The lowest BCUT2D eigenvalue weighted by Crippen LogP contribution is -2.49. The number of likely N-dealkylation sites (tertiary alicyclic amines) is 1. The molecule has 0 radical (unpaired) electrons. The molecule has 2 aliphatic rings. The number of hydrogen-bond donors (Lipinski definition) is 5. The molecule has 0 spiro atoms. The molecule has 34 heavy (non-hydrogen) atoms. The third kappa shape index (κ3) is 4.65. The Bertz CT molecular complexity index is 1190. The highest BCUT2D eigenvalue weighted by atomic mass is 35.5. The molecular formula is C22H23ClFN6O4+. The van der Waals surface area contributed by atoms with Gasteiger partial charge in [-0.15, -0.1) is 0 Å². The number of nitrogens with zero attached hydrogens (tertiary/aromatic N) is 2. The lowest BCUT2D eigenvalue weighted by molar-refractivity contribution is -0.904. The number of carbonyl (C=O) groups is 3. The molecule has 1 aromatic carbocycles. The van der Waals surface area contributed by atoms with E-state index in [0.717, 1.165) is 6.42 Å². The van der Waals surface area contributed by atoms with E-state index in [2.05, 4.69) is 10.6 Å². The summed E-state index contributed by atoms with van der Waals surface area (Å²) in [6.07, 6.45) is 3.74. The van der Waals surface area contributed by atoms with Crippen LogP contribution in [-0.4, -0.2) is 52.2 Å². The fraction of sp³-hybridized carbons (Fsp3) is 0.318. The number of aromatic nitrogens is 1. The lowest BCUT2D eigenvalue weighted by atomic mass is 10.1. The molecule has 0 unspecified atom stereocenters. The van der Waals surface area contributed by atoms with Crippen molar-refractivity contribution in [3.8, 4) is 0 Å². The highest BCUT2D eigenvalue weighted by Gasteiger charge is 2.55. The number of benzene rings is 1. The van der Waals surface area contributed by atoms with Gasteiger partial charge in [0.25, 0.3) is 5.91 Å². The van der Waals surface area contributed by atoms with E-state index in [-0.39, 0.29) is 58.7 Å². The molecule has 1 saturated carbocycles. The number of anilines is 1. The minimum Gasteiger partial charge on any atom is -0.371 e. The van der Waals surface area contributed by atoms with Crippen LogP contribution in [-0.2, 0) is 20.9 Å². The summed E-state index contributed by atoms with van der Waals surface area (Å²) in [5.74, 6) is -2.07. The third-order valence-electron chi connectivity index (χ3n) is 6.07. The van der Waals surface area contributed by atoms with Crippen LogP contribution < -0.4 is 21.1 Å². The van der Waals surface area contributed by atoms with Crippen molar-refractivity contribution < 1.29 is 28.7 Å². The lowest BCUT2D eigenvalue weighted by Gasteiger charge is -2.27. The first-order chi connectivity index (χ1) is 16.2. The van der Waals surface area contributed by atoms with E-state index < -0.39 is 23.5 Å². The van der Waals surface area contributed by atoms with Crippen LogP contribution in [0.5, 0.6) is 0 Å². The van der Waals surface area contributed by atoms with Gasteiger partial charge >= 0.3 is 0 Å². The first kappa shape index (κ1) is 23.4. The number of nitrogens with two attached hydrogens (primary N) is 1. The Kier molecular flexibility index (Phi) is 6.38. The highest BCUT2D eigenvalue weighted by molar-refractivity contribution is 6.44. The predicted molar refractivity (Wildman–Crippen MR) is 119 cm³/mol. The van der Waals surface area contributed by atoms with Gasteiger partial charge in [0.05, 0.1) is 11.6 Å². The number of halogens is 2. The molecule has 1 aliphatic heterocycles. The van der Waals surface area contributed by atoms with Crippen molar-refractivity contribution in [3.63, 3.8) is 0 Å². The zero-order chi connectivity index (χ0) is 24.6. The molecular weight excluding hydrogens is 467 g/mol. The maximum Gasteiger partial charge on any atom is 0.267 e. The number of nitrogens with one attached hydrogen (secondary N) is 3. The van der Waals surface area contributed by atoms with Crippen molar-refractivity contribution in [2.45, 2.75) is 31.5 Å². The molecule has 2 heterocycles. The summed E-state index contributed by atoms with van der Waals surface area (Å²) in [5, 5.41) is 23.0. The summed E-state index contributed by atoms with van der Waals surface area (Å²) in [4.78, 5) is 38.8. The fourth-order valence-electron chi connectivity index (χ4n) is 4.27.